The van der Waals surface area contributed by atoms with Crippen molar-refractivity contribution in [3.05, 3.63) is 53.5 Å². The van der Waals surface area contributed by atoms with Gasteiger partial charge in [-0.15, -0.1) is 0 Å². The minimum atomic E-state index is -0.433. The second kappa shape index (κ2) is 8.27. The van der Waals surface area contributed by atoms with Gasteiger partial charge >= 0.3 is 6.01 Å². The predicted octanol–water partition coefficient (Wildman–Crippen LogP) is 1.68. The number of hydrogen-bond donors (Lipinski definition) is 1. The maximum atomic E-state index is 14.2. The van der Waals surface area contributed by atoms with Crippen LogP contribution in [0.3, 0.4) is 0 Å². The number of carbonyl (C=O) groups excluding carboxylic acids is 1. The van der Waals surface area contributed by atoms with Crippen molar-refractivity contribution < 1.29 is 19.0 Å². The van der Waals surface area contributed by atoms with Crippen molar-refractivity contribution in [2.75, 3.05) is 38.2 Å². The molecule has 1 fully saturated rings. The molecule has 2 aromatic rings. The van der Waals surface area contributed by atoms with Gasteiger partial charge in [0.2, 0.25) is 5.91 Å². The number of aromatic nitrogens is 2. The van der Waals surface area contributed by atoms with Crippen molar-refractivity contribution in [3.63, 3.8) is 0 Å². The molecule has 9 heteroatoms. The first-order valence-electron chi connectivity index (χ1n) is 9.79. The molecule has 2 aliphatic heterocycles. The highest BCUT2D eigenvalue weighted by atomic mass is 19.1. The van der Waals surface area contributed by atoms with Gasteiger partial charge in [0, 0.05) is 56.9 Å². The van der Waals surface area contributed by atoms with Gasteiger partial charge in [-0.2, -0.15) is 9.97 Å². The van der Waals surface area contributed by atoms with Crippen LogP contribution < -0.4 is 9.64 Å². The number of phenolic OH excluding ortho intramolecular Hbond substituents is 1. The van der Waals surface area contributed by atoms with Crippen LogP contribution in [0.2, 0.25) is 0 Å². The van der Waals surface area contributed by atoms with Crippen LogP contribution in [-0.4, -0.2) is 64.1 Å². The highest BCUT2D eigenvalue weighted by Gasteiger charge is 2.30. The van der Waals surface area contributed by atoms with E-state index >= 15 is 0 Å². The SMILES string of the molecule is C=CC(=O)N1CCN(c2nc(OC)nc3c2CN(Cc2c(O)cccc2F)C3)CC1. The lowest BCUT2D eigenvalue weighted by Crippen LogP contribution is -2.48. The lowest BCUT2D eigenvalue weighted by atomic mass is 10.1. The molecule has 0 saturated carbocycles. The number of ether oxygens (including phenoxy) is 1. The molecule has 3 heterocycles. The molecule has 0 unspecified atom stereocenters. The topological polar surface area (TPSA) is 82.0 Å². The van der Waals surface area contributed by atoms with Crippen molar-refractivity contribution in [2.45, 2.75) is 19.6 Å². The third-order valence-corrected chi connectivity index (χ3v) is 5.53. The van der Waals surface area contributed by atoms with E-state index in [1.165, 1.54) is 31.4 Å². The molecule has 158 valence electrons. The molecular formula is C21H24FN5O3. The molecule has 1 amide bonds. The number of methoxy groups -OCH3 is 1. The number of carbonyl (C=O) groups is 1. The average Bonchev–Trinajstić information content (AvgIpc) is 3.17. The monoisotopic (exact) mass is 413 g/mol. The zero-order chi connectivity index (χ0) is 21.3. The zero-order valence-corrected chi connectivity index (χ0v) is 16.8. The summed E-state index contributed by atoms with van der Waals surface area (Å²) in [6, 6.07) is 4.60. The van der Waals surface area contributed by atoms with Crippen LogP contribution in [0, 0.1) is 5.82 Å². The Morgan fingerprint density at radius 2 is 2.03 bits per heavy atom. The number of anilines is 1. The Kier molecular flexibility index (Phi) is 5.54. The molecule has 2 aliphatic rings. The summed E-state index contributed by atoms with van der Waals surface area (Å²) < 4.78 is 19.5. The number of aromatic hydroxyl groups is 1. The van der Waals surface area contributed by atoms with E-state index in [0.717, 1.165) is 17.1 Å². The standard InChI is InChI=1S/C21H24FN5O3/c1-3-19(29)26-7-9-27(10-8-26)20-15-12-25(13-17(15)23-21(24-20)30-2)11-14-16(22)5-4-6-18(14)28/h3-6,28H,1,7-13H2,2H3. The fourth-order valence-corrected chi connectivity index (χ4v) is 3.94. The Hall–Kier alpha value is -3.20. The second-order valence-corrected chi connectivity index (χ2v) is 7.36. The Balaban J connectivity index is 1.55. The fourth-order valence-electron chi connectivity index (χ4n) is 3.94. The van der Waals surface area contributed by atoms with Gasteiger partial charge in [-0.1, -0.05) is 12.6 Å². The molecule has 8 nitrogen and oxygen atoms in total. The summed E-state index contributed by atoms with van der Waals surface area (Å²) in [5.41, 5.74) is 2.07. The molecule has 0 spiro atoms. The van der Waals surface area contributed by atoms with E-state index < -0.39 is 5.82 Å². The number of phenols is 1. The van der Waals surface area contributed by atoms with Gasteiger partial charge in [-0.3, -0.25) is 9.69 Å². The summed E-state index contributed by atoms with van der Waals surface area (Å²) in [5.74, 6) is 0.217. The van der Waals surface area contributed by atoms with Crippen LogP contribution in [0.25, 0.3) is 0 Å². The van der Waals surface area contributed by atoms with Crippen LogP contribution in [0.5, 0.6) is 11.8 Å². The van der Waals surface area contributed by atoms with E-state index in [-0.39, 0.29) is 29.8 Å². The lowest BCUT2D eigenvalue weighted by molar-refractivity contribution is -0.126. The Morgan fingerprint density at radius 3 is 2.70 bits per heavy atom. The van der Waals surface area contributed by atoms with Crippen molar-refractivity contribution in [1.29, 1.82) is 0 Å². The summed E-state index contributed by atoms with van der Waals surface area (Å²) in [6.07, 6.45) is 1.33. The third kappa shape index (κ3) is 3.80. The van der Waals surface area contributed by atoms with Crippen molar-refractivity contribution in [1.82, 2.24) is 19.8 Å². The highest BCUT2D eigenvalue weighted by Crippen LogP contribution is 2.33. The van der Waals surface area contributed by atoms with Gasteiger partial charge in [0.05, 0.1) is 12.8 Å². The molecule has 1 N–H and O–H groups in total. The normalized spacial score (nSPS) is 16.5. The smallest absolute Gasteiger partial charge is 0.318 e. The van der Waals surface area contributed by atoms with Gasteiger partial charge in [0.1, 0.15) is 17.4 Å². The number of halogens is 1. The maximum Gasteiger partial charge on any atom is 0.318 e. The lowest BCUT2D eigenvalue weighted by Gasteiger charge is -2.35. The third-order valence-electron chi connectivity index (χ3n) is 5.53. The van der Waals surface area contributed by atoms with Crippen molar-refractivity contribution in [2.24, 2.45) is 0 Å². The second-order valence-electron chi connectivity index (χ2n) is 7.36. The van der Waals surface area contributed by atoms with Crippen LogP contribution in [-0.2, 0) is 24.4 Å². The molecule has 1 aromatic carbocycles. The van der Waals surface area contributed by atoms with E-state index in [4.69, 9.17) is 4.74 Å². The molecule has 0 bridgehead atoms. The van der Waals surface area contributed by atoms with Crippen molar-refractivity contribution in [3.8, 4) is 11.8 Å². The first-order chi connectivity index (χ1) is 14.5. The van der Waals surface area contributed by atoms with Gasteiger partial charge in [0.15, 0.2) is 0 Å². The number of nitrogens with zero attached hydrogens (tertiary/aromatic N) is 5. The van der Waals surface area contributed by atoms with Crippen LogP contribution in [0.4, 0.5) is 10.2 Å². The minimum Gasteiger partial charge on any atom is -0.508 e. The molecule has 4 rings (SSSR count). The Bertz CT molecular complexity index is 955. The van der Waals surface area contributed by atoms with Crippen LogP contribution in [0.15, 0.2) is 30.9 Å². The van der Waals surface area contributed by atoms with E-state index in [1.54, 1.807) is 4.90 Å². The Morgan fingerprint density at radius 1 is 1.27 bits per heavy atom. The van der Waals surface area contributed by atoms with E-state index in [1.807, 2.05) is 4.90 Å². The van der Waals surface area contributed by atoms with E-state index in [9.17, 15) is 14.3 Å². The van der Waals surface area contributed by atoms with Gasteiger partial charge < -0.3 is 19.6 Å². The summed E-state index contributed by atoms with van der Waals surface area (Å²) >= 11 is 0. The first kappa shape index (κ1) is 20.1. The summed E-state index contributed by atoms with van der Waals surface area (Å²) in [7, 11) is 1.52. The molecule has 30 heavy (non-hydrogen) atoms. The maximum absolute atomic E-state index is 14.2. The van der Waals surface area contributed by atoms with E-state index in [2.05, 4.69) is 21.4 Å². The number of amides is 1. The average molecular weight is 413 g/mol. The number of hydrogen-bond acceptors (Lipinski definition) is 7. The predicted molar refractivity (Wildman–Crippen MR) is 109 cm³/mol. The van der Waals surface area contributed by atoms with Crippen LogP contribution >= 0.6 is 0 Å². The van der Waals surface area contributed by atoms with Gasteiger partial charge in [-0.25, -0.2) is 4.39 Å². The Labute approximate surface area is 174 Å². The summed E-state index contributed by atoms with van der Waals surface area (Å²) in [6.45, 7) is 7.29. The zero-order valence-electron chi connectivity index (χ0n) is 16.8. The molecular weight excluding hydrogens is 389 g/mol. The molecule has 0 atom stereocenters. The first-order valence-corrected chi connectivity index (χ1v) is 9.79. The minimum absolute atomic E-state index is 0.0575. The van der Waals surface area contributed by atoms with E-state index in [0.29, 0.717) is 39.3 Å². The highest BCUT2D eigenvalue weighted by molar-refractivity contribution is 5.87. The summed E-state index contributed by atoms with van der Waals surface area (Å²) in [4.78, 5) is 26.8. The van der Waals surface area contributed by atoms with Crippen molar-refractivity contribution >= 4 is 11.7 Å². The largest absolute Gasteiger partial charge is 0.508 e. The molecule has 1 aromatic heterocycles. The number of piperazine rings is 1. The molecule has 1 saturated heterocycles. The number of benzene rings is 1. The fraction of sp³-hybridized carbons (Fsp3) is 0.381. The number of rotatable bonds is 5. The molecule has 0 radical (unpaired) electrons. The molecule has 0 aliphatic carbocycles. The quantitative estimate of drug-likeness (QED) is 0.747. The summed E-state index contributed by atoms with van der Waals surface area (Å²) in [5, 5.41) is 10.0. The van der Waals surface area contributed by atoms with Gasteiger partial charge in [0.25, 0.3) is 0 Å². The van der Waals surface area contributed by atoms with Crippen LogP contribution in [0.1, 0.15) is 16.8 Å². The number of fused-ring (bicyclic) bond motifs is 1. The van der Waals surface area contributed by atoms with Gasteiger partial charge in [-0.05, 0) is 18.2 Å².